The molecule has 2 aromatic carbocycles. The van der Waals surface area contributed by atoms with E-state index in [4.69, 9.17) is 10.8 Å². The molecule has 0 bridgehead atoms. The van der Waals surface area contributed by atoms with Gasteiger partial charge in [-0.3, -0.25) is 43.2 Å². The Morgan fingerprint density at radius 2 is 0.986 bits per heavy atom. The molecule has 0 unspecified atom stereocenters. The maximum absolute atomic E-state index is 14.0. The number of phenols is 2. The molecule has 0 aliphatic rings. The molecule has 0 saturated carbocycles. The number of aliphatic carboxylic acids is 2. The molecule has 0 aromatic heterocycles. The van der Waals surface area contributed by atoms with Gasteiger partial charge >= 0.3 is 11.9 Å². The third-order valence-corrected chi connectivity index (χ3v) is 10.8. The van der Waals surface area contributed by atoms with E-state index in [0.717, 1.165) is 0 Å². The van der Waals surface area contributed by atoms with Crippen LogP contribution in [0, 0.1) is 11.8 Å². The summed E-state index contributed by atoms with van der Waals surface area (Å²) in [6.45, 7) is 8.03. The predicted octanol–water partition coefficient (Wildman–Crippen LogP) is -2.21. The summed E-state index contributed by atoms with van der Waals surface area (Å²) < 4.78 is 0. The van der Waals surface area contributed by atoms with Crippen LogP contribution in [0.15, 0.2) is 48.5 Å². The Labute approximate surface area is 404 Å². The second-order valence-electron chi connectivity index (χ2n) is 17.3. The number of phenolic OH excluding ortho intramolecular Hbond substituents is 2. The maximum atomic E-state index is 14.0. The van der Waals surface area contributed by atoms with Crippen molar-refractivity contribution in [3.63, 3.8) is 0 Å². The molecule has 0 fully saturated rings. The molecule has 9 atom stereocenters. The molecule has 0 saturated heterocycles. The molecule has 24 heteroatoms. The molecule has 386 valence electrons. The number of carbonyl (C=O) groups excluding carboxylic acids is 8. The summed E-state index contributed by atoms with van der Waals surface area (Å²) in [7, 11) is 0. The quantitative estimate of drug-likeness (QED) is 0.0411. The van der Waals surface area contributed by atoms with Gasteiger partial charge in [-0.05, 0) is 73.9 Å². The number of aliphatic hydroxyl groups excluding tert-OH is 1. The normalized spacial score (nSPS) is 14.9. The first-order chi connectivity index (χ1) is 32.8. The molecule has 0 heterocycles. The molecule has 0 aliphatic carbocycles. The highest BCUT2D eigenvalue weighted by Crippen LogP contribution is 2.15. The van der Waals surface area contributed by atoms with Crippen molar-refractivity contribution in [1.29, 1.82) is 0 Å². The van der Waals surface area contributed by atoms with Crippen molar-refractivity contribution >= 4 is 59.2 Å². The van der Waals surface area contributed by atoms with E-state index >= 15 is 0 Å². The van der Waals surface area contributed by atoms with E-state index in [0.29, 0.717) is 17.5 Å². The highest BCUT2D eigenvalue weighted by Gasteiger charge is 2.35. The van der Waals surface area contributed by atoms with Crippen LogP contribution in [0.2, 0.25) is 0 Å². The zero-order chi connectivity index (χ0) is 52.8. The number of rotatable bonds is 29. The van der Waals surface area contributed by atoms with Crippen LogP contribution in [0.4, 0.5) is 0 Å². The van der Waals surface area contributed by atoms with Gasteiger partial charge in [-0.25, -0.2) is 4.79 Å². The van der Waals surface area contributed by atoms with Crippen LogP contribution in [0.25, 0.3) is 0 Å². The van der Waals surface area contributed by atoms with E-state index in [1.807, 2.05) is 13.8 Å². The first kappa shape index (κ1) is 58.8. The number of amides is 8. The van der Waals surface area contributed by atoms with Gasteiger partial charge in [0.1, 0.15) is 47.8 Å². The van der Waals surface area contributed by atoms with Gasteiger partial charge in [-0.2, -0.15) is 0 Å². The Hall–Kier alpha value is -7.34. The number of nitrogens with two attached hydrogens (primary N) is 1. The number of hydrogen-bond acceptors (Lipinski definition) is 14. The van der Waals surface area contributed by atoms with E-state index < -0.39 is 139 Å². The third kappa shape index (κ3) is 20.9. The Morgan fingerprint density at radius 1 is 0.543 bits per heavy atom. The Bertz CT molecular complexity index is 2140. The first-order valence-corrected chi connectivity index (χ1v) is 22.6. The fraction of sp³-hybridized carbons (Fsp3) is 0.522. The molecule has 0 radical (unpaired) electrons. The summed E-state index contributed by atoms with van der Waals surface area (Å²) in [6.07, 6.45) is -2.47. The zero-order valence-corrected chi connectivity index (χ0v) is 39.9. The number of nitrogens with one attached hydrogen (secondary N) is 8. The van der Waals surface area contributed by atoms with Gasteiger partial charge in [0.15, 0.2) is 0 Å². The van der Waals surface area contributed by atoms with Gasteiger partial charge in [0.25, 0.3) is 0 Å². The van der Waals surface area contributed by atoms with Gasteiger partial charge in [-0.1, -0.05) is 58.4 Å². The number of carbonyl (C=O) groups is 10. The molecule has 0 spiro atoms. The fourth-order valence-electron chi connectivity index (χ4n) is 6.62. The van der Waals surface area contributed by atoms with Gasteiger partial charge in [0, 0.05) is 19.3 Å². The van der Waals surface area contributed by atoms with Crippen molar-refractivity contribution in [2.75, 3.05) is 13.1 Å². The minimum Gasteiger partial charge on any atom is -0.508 e. The predicted molar refractivity (Wildman–Crippen MR) is 250 cm³/mol. The van der Waals surface area contributed by atoms with Gasteiger partial charge < -0.3 is 73.8 Å². The van der Waals surface area contributed by atoms with Crippen LogP contribution in [0.5, 0.6) is 11.5 Å². The molecule has 70 heavy (non-hydrogen) atoms. The summed E-state index contributed by atoms with van der Waals surface area (Å²) in [5.74, 6) is -10.6. The molecule has 15 N–H and O–H groups in total. The smallest absolute Gasteiger partial charge is 0.326 e. The highest BCUT2D eigenvalue weighted by molar-refractivity contribution is 5.97. The second-order valence-corrected chi connectivity index (χ2v) is 17.3. The van der Waals surface area contributed by atoms with Crippen molar-refractivity contribution in [2.24, 2.45) is 17.6 Å². The van der Waals surface area contributed by atoms with E-state index in [1.165, 1.54) is 62.4 Å². The summed E-state index contributed by atoms with van der Waals surface area (Å²) >= 11 is 0. The average Bonchev–Trinajstić information content (AvgIpc) is 3.29. The topological polar surface area (TPSA) is 394 Å². The lowest BCUT2D eigenvalue weighted by molar-refractivity contribution is -0.143. The summed E-state index contributed by atoms with van der Waals surface area (Å²) in [6, 6.07) is 1.80. The number of hydrogen-bond donors (Lipinski definition) is 14. The first-order valence-electron chi connectivity index (χ1n) is 22.6. The number of carboxylic acid groups (broad SMARTS) is 2. The van der Waals surface area contributed by atoms with Crippen LogP contribution in [0.3, 0.4) is 0 Å². The molecule has 24 nitrogen and oxygen atoms in total. The van der Waals surface area contributed by atoms with Crippen molar-refractivity contribution in [1.82, 2.24) is 42.5 Å². The van der Waals surface area contributed by atoms with Crippen molar-refractivity contribution in [3.8, 4) is 11.5 Å². The Kier molecular flexibility index (Phi) is 24.2. The van der Waals surface area contributed by atoms with Crippen LogP contribution < -0.4 is 48.3 Å². The lowest BCUT2D eigenvalue weighted by Crippen LogP contribution is -2.61. The standard InChI is InChI=1S/C46H67N9O15/c1-7-24(4)38(44(67)49-22-35(59)50-31(46(69)70)16-17-37(61)62)54-45(68)39(26(6)56)55-43(66)34(20-28-10-14-30(58)15-11-28)51-36(60)21-48-41(64)33(19-27-8-12-29(57)13-9-27)53-42(65)32(18-23(2)3)52-40(63)25(5)47/h8-15,23-26,31-34,38-39,56-58H,7,16-22,47H2,1-6H3,(H,48,64)(H,49,67)(H,50,59)(H,51,60)(H,52,63)(H,53,65)(H,54,68)(H,55,66)(H,61,62)(H,69,70)/t24-,25-,26+,31-,32-,33-,34-,38-,39-/m0/s1. The molecular formula is C46H67N9O15. The van der Waals surface area contributed by atoms with Gasteiger partial charge in [0.05, 0.1) is 25.2 Å². The Morgan fingerprint density at radius 3 is 1.43 bits per heavy atom. The van der Waals surface area contributed by atoms with E-state index in [-0.39, 0.29) is 36.7 Å². The summed E-state index contributed by atoms with van der Waals surface area (Å²) in [4.78, 5) is 129. The zero-order valence-electron chi connectivity index (χ0n) is 39.9. The van der Waals surface area contributed by atoms with E-state index in [9.17, 15) is 68.4 Å². The lowest BCUT2D eigenvalue weighted by atomic mass is 9.97. The molecular weight excluding hydrogens is 919 g/mol. The van der Waals surface area contributed by atoms with Gasteiger partial charge in [0.2, 0.25) is 47.3 Å². The minimum absolute atomic E-state index is 0.0578. The number of carboxylic acids is 2. The number of aromatic hydroxyl groups is 2. The lowest BCUT2D eigenvalue weighted by Gasteiger charge is -2.29. The second kappa shape index (κ2) is 28.9. The molecule has 2 rings (SSSR count). The minimum atomic E-state index is -1.75. The van der Waals surface area contributed by atoms with Crippen molar-refractivity contribution in [2.45, 2.75) is 128 Å². The maximum Gasteiger partial charge on any atom is 0.326 e. The molecule has 8 amide bonds. The van der Waals surface area contributed by atoms with Gasteiger partial charge in [-0.15, -0.1) is 0 Å². The van der Waals surface area contributed by atoms with E-state index in [1.54, 1.807) is 13.8 Å². The molecule has 2 aromatic rings. The van der Waals surface area contributed by atoms with E-state index in [2.05, 4.69) is 42.5 Å². The highest BCUT2D eigenvalue weighted by atomic mass is 16.4. The van der Waals surface area contributed by atoms with Crippen LogP contribution in [0.1, 0.15) is 78.4 Å². The number of aliphatic hydroxyl groups is 1. The van der Waals surface area contributed by atoms with Crippen LogP contribution >= 0.6 is 0 Å². The number of benzene rings is 2. The monoisotopic (exact) mass is 985 g/mol. The summed E-state index contributed by atoms with van der Waals surface area (Å²) in [5.41, 5.74) is 6.63. The van der Waals surface area contributed by atoms with Crippen LogP contribution in [-0.4, -0.2) is 146 Å². The SMILES string of the molecule is CC[C@H](C)[C@H](NC(=O)[C@@H](NC(=O)[C@H](Cc1ccc(O)cc1)NC(=O)CNC(=O)[C@H](Cc1ccc(O)cc1)NC(=O)[C@H](CC(C)C)NC(=O)[C@H](C)N)[C@@H](C)O)C(=O)NCC(=O)N[C@@H](CCC(=O)O)C(=O)O. The molecule has 0 aliphatic heterocycles. The largest absolute Gasteiger partial charge is 0.508 e. The average molecular weight is 986 g/mol. The third-order valence-electron chi connectivity index (χ3n) is 10.8. The summed E-state index contributed by atoms with van der Waals surface area (Å²) in [5, 5.41) is 68.0. The fourth-order valence-corrected chi connectivity index (χ4v) is 6.62. The van der Waals surface area contributed by atoms with Crippen LogP contribution in [-0.2, 0) is 60.8 Å². The van der Waals surface area contributed by atoms with Crippen molar-refractivity contribution in [3.05, 3.63) is 59.7 Å². The Balaban J connectivity index is 2.31. The van der Waals surface area contributed by atoms with Crippen molar-refractivity contribution < 1.29 is 73.5 Å².